The maximum Gasteiger partial charge on any atom is 0.197 e. The number of methoxy groups -OCH3 is 1. The molecule has 0 spiro atoms. The lowest BCUT2D eigenvalue weighted by molar-refractivity contribution is 0.0962. The number of aliphatic hydroxyl groups is 1. The smallest absolute Gasteiger partial charge is 0.197 e. The third-order valence-electron chi connectivity index (χ3n) is 7.78. The van der Waals surface area contributed by atoms with Crippen LogP contribution in [-0.4, -0.2) is 67.7 Å². The first-order valence-electron chi connectivity index (χ1n) is 14.1. The number of carbonyl (C=O) groups is 1. The number of β-amino-alcohol motifs (C(OH)–C–C–N with tert-alkyl or cyclic N) is 1. The number of fused-ring (bicyclic) bond motifs is 1. The van der Waals surface area contributed by atoms with Gasteiger partial charge < -0.3 is 29.1 Å². The maximum atomic E-state index is 15.5. The predicted molar refractivity (Wildman–Crippen MR) is 154 cm³/mol. The number of Topliss-reactive ketones (excluding diaryl/α,β-unsaturated/α-hetero) is 1. The van der Waals surface area contributed by atoms with Crippen LogP contribution in [-0.2, 0) is 12.0 Å². The molecule has 2 atom stereocenters. The summed E-state index contributed by atoms with van der Waals surface area (Å²) in [6.45, 7) is 13.7. The molecule has 8 nitrogen and oxygen atoms in total. The molecule has 1 fully saturated rings. The van der Waals surface area contributed by atoms with Crippen LogP contribution in [0.2, 0.25) is 0 Å². The number of hydrogen-bond acceptors (Lipinski definition) is 7. The molecule has 0 bridgehead atoms. The number of hydrogen-bond donors (Lipinski definition) is 2. The van der Waals surface area contributed by atoms with Crippen LogP contribution in [0.3, 0.4) is 0 Å². The lowest BCUT2D eigenvalue weighted by Gasteiger charge is -2.29. The molecule has 2 heterocycles. The third kappa shape index (κ3) is 5.48. The third-order valence-corrected chi connectivity index (χ3v) is 7.78. The van der Waals surface area contributed by atoms with E-state index in [0.29, 0.717) is 42.3 Å². The summed E-state index contributed by atoms with van der Waals surface area (Å²) < 4.78 is 32.5. The van der Waals surface area contributed by atoms with Gasteiger partial charge in [-0.1, -0.05) is 27.7 Å². The summed E-state index contributed by atoms with van der Waals surface area (Å²) in [7, 11) is 1.63. The van der Waals surface area contributed by atoms with Crippen molar-refractivity contribution in [2.45, 2.75) is 66.0 Å². The van der Waals surface area contributed by atoms with Gasteiger partial charge in [0.05, 0.1) is 44.2 Å². The number of rotatable bonds is 10. The number of carbonyl (C=O) groups excluding carboxylic acids is 1. The highest BCUT2D eigenvalue weighted by Gasteiger charge is 2.36. The summed E-state index contributed by atoms with van der Waals surface area (Å²) in [6.07, 6.45) is 0.406. The average Bonchev–Trinajstić information content (AvgIpc) is 3.43. The minimum absolute atomic E-state index is 0.00572. The molecule has 0 saturated carbocycles. The van der Waals surface area contributed by atoms with Crippen molar-refractivity contribution >= 4 is 17.3 Å². The fourth-order valence-corrected chi connectivity index (χ4v) is 5.66. The lowest BCUT2D eigenvalue weighted by Crippen LogP contribution is -2.31. The second-order valence-corrected chi connectivity index (χ2v) is 11.5. The van der Waals surface area contributed by atoms with Crippen LogP contribution in [0.25, 0.3) is 0 Å². The molecule has 0 aliphatic carbocycles. The second kappa shape index (κ2) is 11.6. The zero-order chi connectivity index (χ0) is 29.4. The number of benzene rings is 2. The molecule has 2 aromatic rings. The fourth-order valence-electron chi connectivity index (χ4n) is 5.66. The minimum atomic E-state index is -0.637. The Morgan fingerprint density at radius 3 is 2.38 bits per heavy atom. The summed E-state index contributed by atoms with van der Waals surface area (Å²) in [4.78, 5) is 17.4. The van der Waals surface area contributed by atoms with Crippen molar-refractivity contribution in [1.29, 1.82) is 5.41 Å². The number of aliphatic hydroxyl groups excluding tert-OH is 1. The normalized spacial score (nSPS) is 18.8. The van der Waals surface area contributed by atoms with Gasteiger partial charge >= 0.3 is 0 Å². The van der Waals surface area contributed by atoms with Crippen molar-refractivity contribution in [2.75, 3.05) is 44.9 Å². The van der Waals surface area contributed by atoms with E-state index in [2.05, 4.69) is 32.6 Å². The Hall–Kier alpha value is -3.33. The molecule has 0 amide bonds. The molecule has 0 radical (unpaired) electrons. The highest BCUT2D eigenvalue weighted by Crippen LogP contribution is 2.43. The number of amidine groups is 1. The number of ether oxygens (including phenoxy) is 3. The second-order valence-electron chi connectivity index (χ2n) is 11.5. The summed E-state index contributed by atoms with van der Waals surface area (Å²) in [5, 5.41) is 19.3. The number of anilines is 1. The molecule has 1 unspecified atom stereocenters. The van der Waals surface area contributed by atoms with Gasteiger partial charge in [0.15, 0.2) is 23.1 Å². The number of nitrogens with zero attached hydrogens (tertiary/aromatic N) is 2. The average molecular weight is 556 g/mol. The van der Waals surface area contributed by atoms with E-state index < -0.39 is 11.9 Å². The van der Waals surface area contributed by atoms with Crippen molar-refractivity contribution in [3.8, 4) is 17.2 Å². The van der Waals surface area contributed by atoms with Gasteiger partial charge in [-0.2, -0.15) is 0 Å². The largest absolute Gasteiger partial charge is 0.494 e. The first-order valence-corrected chi connectivity index (χ1v) is 14.1. The molecular weight excluding hydrogens is 513 g/mol. The van der Waals surface area contributed by atoms with Crippen molar-refractivity contribution in [3.05, 3.63) is 46.3 Å². The maximum absolute atomic E-state index is 15.5. The van der Waals surface area contributed by atoms with Crippen LogP contribution in [0.5, 0.6) is 17.2 Å². The van der Waals surface area contributed by atoms with Crippen LogP contribution in [0.1, 0.15) is 75.0 Å². The molecule has 2 aliphatic heterocycles. The van der Waals surface area contributed by atoms with Crippen LogP contribution in [0.4, 0.5) is 10.1 Å². The Morgan fingerprint density at radius 1 is 1.10 bits per heavy atom. The Kier molecular flexibility index (Phi) is 8.63. The predicted octanol–water partition coefficient (Wildman–Crippen LogP) is 5.16. The monoisotopic (exact) mass is 555 g/mol. The number of nitrogens with one attached hydrogen (secondary N) is 1. The van der Waals surface area contributed by atoms with E-state index >= 15 is 4.39 Å². The summed E-state index contributed by atoms with van der Waals surface area (Å²) in [5.74, 6) is 0.259. The molecule has 218 valence electrons. The highest BCUT2D eigenvalue weighted by atomic mass is 19.1. The molecule has 2 aromatic carbocycles. The Morgan fingerprint density at radius 2 is 1.80 bits per heavy atom. The minimum Gasteiger partial charge on any atom is -0.494 e. The quantitative estimate of drug-likeness (QED) is 0.391. The molecule has 9 heteroatoms. The van der Waals surface area contributed by atoms with Gasteiger partial charge in [-0.05, 0) is 49.4 Å². The van der Waals surface area contributed by atoms with Gasteiger partial charge in [0, 0.05) is 36.7 Å². The summed E-state index contributed by atoms with van der Waals surface area (Å²) in [5.41, 5.74) is 2.57. The molecule has 0 aromatic heterocycles. The van der Waals surface area contributed by atoms with Crippen molar-refractivity contribution < 1.29 is 28.5 Å². The Bertz CT molecular complexity index is 1290. The van der Waals surface area contributed by atoms with Crippen molar-refractivity contribution in [2.24, 2.45) is 5.92 Å². The van der Waals surface area contributed by atoms with Crippen molar-refractivity contribution in [3.63, 3.8) is 0 Å². The van der Waals surface area contributed by atoms with E-state index in [0.717, 1.165) is 17.7 Å². The van der Waals surface area contributed by atoms with E-state index in [1.165, 1.54) is 0 Å². The van der Waals surface area contributed by atoms with Gasteiger partial charge in [0.2, 0.25) is 0 Å². The molecule has 40 heavy (non-hydrogen) atoms. The molecule has 2 aliphatic rings. The highest BCUT2D eigenvalue weighted by molar-refractivity contribution is 6.06. The van der Waals surface area contributed by atoms with Gasteiger partial charge in [0.1, 0.15) is 11.6 Å². The van der Waals surface area contributed by atoms with Gasteiger partial charge in [-0.15, -0.1) is 0 Å². The molecular formula is C31H42FN3O5. The van der Waals surface area contributed by atoms with Gasteiger partial charge in [-0.25, -0.2) is 4.39 Å². The van der Waals surface area contributed by atoms with E-state index in [1.807, 2.05) is 19.1 Å². The topological polar surface area (TPSA) is 95.3 Å². The molecule has 1 saturated heterocycles. The Balaban J connectivity index is 1.68. The van der Waals surface area contributed by atoms with Crippen LogP contribution in [0.15, 0.2) is 18.2 Å². The summed E-state index contributed by atoms with van der Waals surface area (Å²) >= 11 is 0. The van der Waals surface area contributed by atoms with E-state index in [-0.39, 0.29) is 54.0 Å². The standard InChI is InChI=1S/C31H42FN3O5/c1-8-18-14-34(16-23(18)36)22-12-19(11-21(28(22)38-7)31(4,5)6)24(37)17-35-15-20-13-25(39-9-2)29(40-10-3)27(32)26(20)30(35)33/h11-13,18,23,33,36H,8-10,14-17H2,1-7H3/t18-,23?/m0/s1. The number of halogens is 1. The van der Waals surface area contributed by atoms with Gasteiger partial charge in [0.25, 0.3) is 0 Å². The SMILES string of the molecule is CCOc1cc2c(c(F)c1OCC)C(=N)N(CC(=O)c1cc(N3CC(O)[C@@H](CC)C3)c(OC)c(C(C)(C)C)c1)C2. The molecule has 2 N–H and O–H groups in total. The van der Waals surface area contributed by atoms with E-state index in [1.54, 1.807) is 25.0 Å². The Labute approximate surface area is 236 Å². The first kappa shape index (κ1) is 29.6. The fraction of sp³-hybridized carbons (Fsp3) is 0.548. The molecule has 4 rings (SSSR count). The zero-order valence-corrected chi connectivity index (χ0v) is 24.7. The van der Waals surface area contributed by atoms with Crippen molar-refractivity contribution in [1.82, 2.24) is 4.90 Å². The van der Waals surface area contributed by atoms with Crippen LogP contribution in [0, 0.1) is 17.1 Å². The van der Waals surface area contributed by atoms with E-state index in [4.69, 9.17) is 19.6 Å². The zero-order valence-electron chi connectivity index (χ0n) is 24.7. The number of ketones is 1. The van der Waals surface area contributed by atoms with Crippen LogP contribution >= 0.6 is 0 Å². The van der Waals surface area contributed by atoms with E-state index in [9.17, 15) is 9.90 Å². The van der Waals surface area contributed by atoms with Crippen LogP contribution < -0.4 is 19.1 Å². The lowest BCUT2D eigenvalue weighted by atomic mass is 9.84. The summed E-state index contributed by atoms with van der Waals surface area (Å²) in [6, 6.07) is 5.40. The first-order chi connectivity index (χ1) is 18.9. The van der Waals surface area contributed by atoms with Gasteiger partial charge in [-0.3, -0.25) is 10.2 Å².